The lowest BCUT2D eigenvalue weighted by Gasteiger charge is -2.08. The number of carbonyl (C=O) groups is 1. The fraction of sp³-hybridized carbons (Fsp3) is 0.0833. The van der Waals surface area contributed by atoms with Gasteiger partial charge in [-0.1, -0.05) is 6.07 Å². The van der Waals surface area contributed by atoms with Crippen LogP contribution in [0, 0.1) is 11.3 Å². The first-order valence-corrected chi connectivity index (χ1v) is 5.29. The van der Waals surface area contributed by atoms with Crippen molar-refractivity contribution in [3.63, 3.8) is 0 Å². The lowest BCUT2D eigenvalue weighted by molar-refractivity contribution is 0.102. The molecule has 0 aliphatic carbocycles. The molecule has 0 bridgehead atoms. The summed E-state index contributed by atoms with van der Waals surface area (Å²) in [7, 11) is 1.56. The van der Waals surface area contributed by atoms with Crippen molar-refractivity contribution >= 4 is 11.7 Å². The minimum atomic E-state index is -0.726. The number of carbonyl (C=O) groups excluding carboxylic acids is 1. The van der Waals surface area contributed by atoms with Gasteiger partial charge in [-0.05, 0) is 12.1 Å². The molecule has 96 valence electrons. The fourth-order valence-electron chi connectivity index (χ4n) is 1.60. The Morgan fingerprint density at radius 2 is 2.05 bits per heavy atom. The minimum absolute atomic E-state index is 0.186. The van der Waals surface area contributed by atoms with E-state index in [0.717, 1.165) is 0 Å². The van der Waals surface area contributed by atoms with Gasteiger partial charge in [0, 0.05) is 7.05 Å². The van der Waals surface area contributed by atoms with Crippen LogP contribution in [0.5, 0.6) is 11.5 Å². The predicted molar refractivity (Wildman–Crippen MR) is 65.6 cm³/mol. The number of nitrogens with zero attached hydrogens (tertiary/aromatic N) is 3. The summed E-state index contributed by atoms with van der Waals surface area (Å²) in [6, 6.07) is 5.85. The highest BCUT2D eigenvalue weighted by Gasteiger charge is 2.19. The average Bonchev–Trinajstić information content (AvgIpc) is 2.70. The summed E-state index contributed by atoms with van der Waals surface area (Å²) in [5.74, 6) is -1.23. The highest BCUT2D eigenvalue weighted by Crippen LogP contribution is 2.27. The lowest BCUT2D eigenvalue weighted by Crippen LogP contribution is -2.15. The van der Waals surface area contributed by atoms with Crippen LogP contribution in [0.1, 0.15) is 15.9 Å². The third-order valence-corrected chi connectivity index (χ3v) is 2.54. The van der Waals surface area contributed by atoms with E-state index >= 15 is 0 Å². The molecule has 7 heteroatoms. The SMILES string of the molecule is Cn1ncc(C#N)c1NC(=O)c1c(O)cccc1O. The van der Waals surface area contributed by atoms with Gasteiger partial charge in [-0.15, -0.1) is 0 Å². The number of aryl methyl sites for hydroxylation is 1. The Labute approximate surface area is 108 Å². The predicted octanol–water partition coefficient (Wildman–Crippen LogP) is 0.955. The van der Waals surface area contributed by atoms with E-state index in [1.165, 1.54) is 29.1 Å². The number of benzene rings is 1. The van der Waals surface area contributed by atoms with Gasteiger partial charge in [-0.25, -0.2) is 0 Å². The summed E-state index contributed by atoms with van der Waals surface area (Å²) >= 11 is 0. The molecule has 0 spiro atoms. The number of nitriles is 1. The van der Waals surface area contributed by atoms with Gasteiger partial charge in [0.25, 0.3) is 5.91 Å². The molecule has 0 atom stereocenters. The maximum atomic E-state index is 12.0. The second kappa shape index (κ2) is 4.70. The standard InChI is InChI=1S/C12H10N4O3/c1-16-11(7(5-13)6-14-16)15-12(19)10-8(17)3-2-4-9(10)18/h2-4,6,17-18H,1H3,(H,15,19). The third kappa shape index (κ3) is 2.19. The van der Waals surface area contributed by atoms with Gasteiger partial charge in [0.05, 0.1) is 6.20 Å². The van der Waals surface area contributed by atoms with Gasteiger partial charge < -0.3 is 15.5 Å². The molecule has 2 aromatic rings. The Kier molecular flexibility index (Phi) is 3.08. The second-order valence-electron chi connectivity index (χ2n) is 3.77. The van der Waals surface area contributed by atoms with Crippen molar-refractivity contribution in [2.45, 2.75) is 0 Å². The molecule has 0 saturated heterocycles. The summed E-state index contributed by atoms with van der Waals surface area (Å²) in [6.45, 7) is 0. The zero-order valence-electron chi connectivity index (χ0n) is 9.95. The molecule has 1 aromatic heterocycles. The van der Waals surface area contributed by atoms with E-state index in [1.807, 2.05) is 6.07 Å². The van der Waals surface area contributed by atoms with Crippen molar-refractivity contribution in [2.75, 3.05) is 5.32 Å². The van der Waals surface area contributed by atoms with Crippen molar-refractivity contribution in [3.05, 3.63) is 35.5 Å². The topological polar surface area (TPSA) is 111 Å². The molecule has 1 amide bonds. The largest absolute Gasteiger partial charge is 0.507 e. The molecule has 0 unspecified atom stereocenters. The number of rotatable bonds is 2. The summed E-state index contributed by atoms with van der Waals surface area (Å²) in [5.41, 5.74) is -0.0710. The van der Waals surface area contributed by atoms with Crippen LogP contribution in [-0.4, -0.2) is 25.9 Å². The Morgan fingerprint density at radius 3 is 2.63 bits per heavy atom. The first-order valence-electron chi connectivity index (χ1n) is 5.29. The number of phenols is 2. The lowest BCUT2D eigenvalue weighted by atomic mass is 10.1. The molecule has 0 aliphatic heterocycles. The third-order valence-electron chi connectivity index (χ3n) is 2.54. The van der Waals surface area contributed by atoms with Crippen LogP contribution in [0.4, 0.5) is 5.82 Å². The Balaban J connectivity index is 2.37. The number of aromatic nitrogens is 2. The highest BCUT2D eigenvalue weighted by molar-refractivity contribution is 6.08. The van der Waals surface area contributed by atoms with Gasteiger partial charge >= 0.3 is 0 Å². The summed E-state index contributed by atoms with van der Waals surface area (Å²) < 4.78 is 1.31. The van der Waals surface area contributed by atoms with Crippen LogP contribution >= 0.6 is 0 Å². The number of anilines is 1. The number of aromatic hydroxyl groups is 2. The molecule has 2 rings (SSSR count). The first-order chi connectivity index (χ1) is 9.04. The monoisotopic (exact) mass is 258 g/mol. The molecular weight excluding hydrogens is 248 g/mol. The summed E-state index contributed by atoms with van der Waals surface area (Å²) in [6.07, 6.45) is 1.31. The number of nitrogens with one attached hydrogen (secondary N) is 1. The van der Waals surface area contributed by atoms with Crippen LogP contribution in [0.15, 0.2) is 24.4 Å². The molecule has 0 aliphatic rings. The van der Waals surface area contributed by atoms with Crippen molar-refractivity contribution in [2.24, 2.45) is 7.05 Å². The maximum absolute atomic E-state index is 12.0. The van der Waals surface area contributed by atoms with E-state index in [9.17, 15) is 15.0 Å². The highest BCUT2D eigenvalue weighted by atomic mass is 16.3. The molecule has 19 heavy (non-hydrogen) atoms. The van der Waals surface area contributed by atoms with Crippen molar-refractivity contribution < 1.29 is 15.0 Å². The van der Waals surface area contributed by atoms with E-state index in [-0.39, 0.29) is 28.4 Å². The zero-order chi connectivity index (χ0) is 14.0. The number of hydrogen-bond donors (Lipinski definition) is 3. The van der Waals surface area contributed by atoms with E-state index in [4.69, 9.17) is 5.26 Å². The molecule has 0 radical (unpaired) electrons. The van der Waals surface area contributed by atoms with Gasteiger partial charge in [0.2, 0.25) is 0 Å². The van der Waals surface area contributed by atoms with Crippen LogP contribution in [-0.2, 0) is 7.05 Å². The second-order valence-corrected chi connectivity index (χ2v) is 3.77. The van der Waals surface area contributed by atoms with Crippen LogP contribution in [0.2, 0.25) is 0 Å². The molecule has 1 aromatic carbocycles. The van der Waals surface area contributed by atoms with Crippen molar-refractivity contribution in [3.8, 4) is 17.6 Å². The minimum Gasteiger partial charge on any atom is -0.507 e. The molecule has 0 fully saturated rings. The number of phenolic OH excluding ortho intramolecular Hbond substituents is 2. The summed E-state index contributed by atoms with van der Waals surface area (Å²) in [5, 5.41) is 34.3. The maximum Gasteiger partial charge on any atom is 0.264 e. The van der Waals surface area contributed by atoms with Crippen LogP contribution in [0.3, 0.4) is 0 Å². The van der Waals surface area contributed by atoms with Crippen LogP contribution in [0.25, 0.3) is 0 Å². The van der Waals surface area contributed by atoms with Crippen molar-refractivity contribution in [1.29, 1.82) is 5.26 Å². The van der Waals surface area contributed by atoms with Gasteiger partial charge in [-0.3, -0.25) is 9.48 Å². The quantitative estimate of drug-likeness (QED) is 0.742. The average molecular weight is 258 g/mol. The first kappa shape index (κ1) is 12.4. The molecule has 3 N–H and O–H groups in total. The smallest absolute Gasteiger partial charge is 0.264 e. The normalized spacial score (nSPS) is 9.89. The van der Waals surface area contributed by atoms with E-state index in [1.54, 1.807) is 7.05 Å². The van der Waals surface area contributed by atoms with Gasteiger partial charge in [-0.2, -0.15) is 10.4 Å². The molecule has 7 nitrogen and oxygen atoms in total. The van der Waals surface area contributed by atoms with E-state index in [2.05, 4.69) is 10.4 Å². The van der Waals surface area contributed by atoms with Crippen molar-refractivity contribution in [1.82, 2.24) is 9.78 Å². The zero-order valence-corrected chi connectivity index (χ0v) is 9.95. The van der Waals surface area contributed by atoms with Gasteiger partial charge in [0.1, 0.15) is 34.5 Å². The Morgan fingerprint density at radius 1 is 1.42 bits per heavy atom. The number of amides is 1. The van der Waals surface area contributed by atoms with Gasteiger partial charge in [0.15, 0.2) is 0 Å². The van der Waals surface area contributed by atoms with E-state index in [0.29, 0.717) is 0 Å². The van der Waals surface area contributed by atoms with E-state index < -0.39 is 5.91 Å². The van der Waals surface area contributed by atoms with Crippen LogP contribution < -0.4 is 5.32 Å². The molecule has 0 saturated carbocycles. The summed E-state index contributed by atoms with van der Waals surface area (Å²) in [4.78, 5) is 12.0. The number of hydrogen-bond acceptors (Lipinski definition) is 5. The Hall–Kier alpha value is -3.01. The molecule has 1 heterocycles. The Bertz CT molecular complexity index is 665. The fourth-order valence-corrected chi connectivity index (χ4v) is 1.60. The molecular formula is C12H10N4O3.